The summed E-state index contributed by atoms with van der Waals surface area (Å²) in [5, 5.41) is 6.04. The zero-order valence-electron chi connectivity index (χ0n) is 13.9. The predicted octanol–water partition coefficient (Wildman–Crippen LogP) is 0.943. The summed E-state index contributed by atoms with van der Waals surface area (Å²) in [7, 11) is 3.08. The van der Waals surface area contributed by atoms with Gasteiger partial charge in [0.1, 0.15) is 12.2 Å². The van der Waals surface area contributed by atoms with E-state index in [0.29, 0.717) is 5.75 Å². The van der Waals surface area contributed by atoms with Gasteiger partial charge in [-0.1, -0.05) is 0 Å². The van der Waals surface area contributed by atoms with Crippen LogP contribution in [0.2, 0.25) is 0 Å². The topological polar surface area (TPSA) is 76.7 Å². The summed E-state index contributed by atoms with van der Waals surface area (Å²) < 4.78 is 10.2. The van der Waals surface area contributed by atoms with Crippen LogP contribution in [-0.2, 0) is 19.1 Å². The van der Waals surface area contributed by atoms with Crippen molar-refractivity contribution in [2.45, 2.75) is 56.9 Å². The molecule has 7 heteroatoms. The van der Waals surface area contributed by atoms with E-state index in [2.05, 4.69) is 10.6 Å². The Morgan fingerprint density at radius 3 is 1.95 bits per heavy atom. The Bertz CT molecular complexity index is 359. The molecule has 22 heavy (non-hydrogen) atoms. The van der Waals surface area contributed by atoms with Crippen molar-refractivity contribution >= 4 is 23.6 Å². The molecule has 0 radical (unpaired) electrons. The number of carbonyl (C=O) groups is 2. The molecule has 1 aliphatic rings. The first kappa shape index (κ1) is 19.3. The van der Waals surface area contributed by atoms with Crippen LogP contribution in [0, 0.1) is 0 Å². The van der Waals surface area contributed by atoms with Gasteiger partial charge in [-0.25, -0.2) is 0 Å². The van der Waals surface area contributed by atoms with Gasteiger partial charge in [0.25, 0.3) is 0 Å². The number of methoxy groups -OCH3 is 2. The van der Waals surface area contributed by atoms with Crippen LogP contribution in [0.5, 0.6) is 0 Å². The molecular weight excluding hydrogens is 304 g/mol. The Labute approximate surface area is 137 Å². The molecule has 0 spiro atoms. The fourth-order valence-electron chi connectivity index (χ4n) is 2.50. The third kappa shape index (κ3) is 6.14. The number of thioether (sulfide) groups is 1. The Morgan fingerprint density at radius 1 is 1.05 bits per heavy atom. The molecule has 0 aromatic carbocycles. The summed E-state index contributed by atoms with van der Waals surface area (Å²) in [6.07, 6.45) is 4.61. The van der Waals surface area contributed by atoms with E-state index in [0.717, 1.165) is 25.7 Å². The fourth-order valence-corrected chi connectivity index (χ4v) is 3.09. The van der Waals surface area contributed by atoms with Crippen molar-refractivity contribution in [3.8, 4) is 0 Å². The van der Waals surface area contributed by atoms with E-state index < -0.39 is 12.2 Å². The van der Waals surface area contributed by atoms with Gasteiger partial charge in [0, 0.05) is 32.1 Å². The highest BCUT2D eigenvalue weighted by Gasteiger charge is 2.26. The summed E-state index contributed by atoms with van der Waals surface area (Å²) in [6.45, 7) is 1.73. The monoisotopic (exact) mass is 332 g/mol. The largest absolute Gasteiger partial charge is 0.372 e. The molecule has 0 aromatic heterocycles. The second-order valence-electron chi connectivity index (χ2n) is 5.62. The molecular formula is C15H28N2O4S. The van der Waals surface area contributed by atoms with E-state index in [9.17, 15) is 9.59 Å². The quantitative estimate of drug-likeness (QED) is 0.692. The lowest BCUT2D eigenvalue weighted by atomic mass is 9.91. The van der Waals surface area contributed by atoms with Crippen LogP contribution in [0.15, 0.2) is 0 Å². The van der Waals surface area contributed by atoms with Crippen molar-refractivity contribution in [3.05, 3.63) is 0 Å². The number of nitrogens with one attached hydrogen (secondary N) is 2. The standard InChI is InChI=1S/C15H28N2O4S/c1-10(20-2)14(18)16-11-5-7-12(8-6-11)17-15(19)13(21-3)9-22-4/h10-13H,5-9H2,1-4H3,(H,16,18)(H,17,19)/t10-,11?,12?,13?/m1/s1. The molecule has 1 saturated carbocycles. The van der Waals surface area contributed by atoms with Gasteiger partial charge in [-0.2, -0.15) is 11.8 Å². The highest BCUT2D eigenvalue weighted by atomic mass is 32.2. The average Bonchev–Trinajstić information content (AvgIpc) is 2.53. The first-order chi connectivity index (χ1) is 10.5. The lowest BCUT2D eigenvalue weighted by Crippen LogP contribution is -2.48. The predicted molar refractivity (Wildman–Crippen MR) is 88.0 cm³/mol. The maximum atomic E-state index is 12.1. The van der Waals surface area contributed by atoms with Crippen molar-refractivity contribution in [1.29, 1.82) is 0 Å². The molecule has 1 aliphatic carbocycles. The van der Waals surface area contributed by atoms with Crippen LogP contribution in [0.25, 0.3) is 0 Å². The molecule has 1 rings (SSSR count). The molecule has 0 aliphatic heterocycles. The van der Waals surface area contributed by atoms with Crippen molar-refractivity contribution in [1.82, 2.24) is 10.6 Å². The molecule has 1 unspecified atom stereocenters. The third-order valence-electron chi connectivity index (χ3n) is 4.04. The maximum absolute atomic E-state index is 12.1. The van der Waals surface area contributed by atoms with Crippen molar-refractivity contribution in [2.75, 3.05) is 26.2 Å². The van der Waals surface area contributed by atoms with E-state index in [1.54, 1.807) is 25.8 Å². The highest BCUT2D eigenvalue weighted by molar-refractivity contribution is 7.98. The Morgan fingerprint density at radius 2 is 1.55 bits per heavy atom. The minimum atomic E-state index is -0.425. The molecule has 0 bridgehead atoms. The normalized spacial score (nSPS) is 24.4. The molecule has 2 atom stereocenters. The first-order valence-electron chi connectivity index (χ1n) is 7.67. The summed E-state index contributed by atoms with van der Waals surface area (Å²) in [5.41, 5.74) is 0. The second kappa shape index (κ2) is 10.1. The number of carbonyl (C=O) groups excluding carboxylic acids is 2. The Hall–Kier alpha value is -0.790. The molecule has 1 fully saturated rings. The number of amides is 2. The fraction of sp³-hybridized carbons (Fsp3) is 0.867. The third-order valence-corrected chi connectivity index (χ3v) is 4.67. The molecule has 6 nitrogen and oxygen atoms in total. The summed E-state index contributed by atoms with van der Waals surface area (Å²) >= 11 is 1.59. The second-order valence-corrected chi connectivity index (χ2v) is 6.53. The van der Waals surface area contributed by atoms with Crippen LogP contribution in [-0.4, -0.2) is 62.3 Å². The van der Waals surface area contributed by atoms with E-state index in [1.807, 2.05) is 6.26 Å². The first-order valence-corrected chi connectivity index (χ1v) is 9.06. The maximum Gasteiger partial charge on any atom is 0.250 e. The number of ether oxygens (including phenoxy) is 2. The SMILES string of the molecule is COC(CSC)C(=O)NC1CCC(NC(=O)[C@@H](C)OC)CC1. The molecule has 128 valence electrons. The minimum absolute atomic E-state index is 0.0441. The van der Waals surface area contributed by atoms with Crippen molar-refractivity contribution < 1.29 is 19.1 Å². The molecule has 2 amide bonds. The van der Waals surface area contributed by atoms with Crippen LogP contribution >= 0.6 is 11.8 Å². The minimum Gasteiger partial charge on any atom is -0.372 e. The number of hydrogen-bond donors (Lipinski definition) is 2. The van der Waals surface area contributed by atoms with Gasteiger partial charge in [-0.15, -0.1) is 0 Å². The van der Waals surface area contributed by atoms with E-state index in [4.69, 9.17) is 9.47 Å². The smallest absolute Gasteiger partial charge is 0.250 e. The van der Waals surface area contributed by atoms with Gasteiger partial charge in [-0.05, 0) is 38.9 Å². The number of rotatable bonds is 8. The van der Waals surface area contributed by atoms with Gasteiger partial charge in [-0.3, -0.25) is 9.59 Å². The van der Waals surface area contributed by atoms with Crippen molar-refractivity contribution in [2.24, 2.45) is 0 Å². The van der Waals surface area contributed by atoms with Gasteiger partial charge < -0.3 is 20.1 Å². The Balaban J connectivity index is 2.33. The van der Waals surface area contributed by atoms with Gasteiger partial charge in [0.05, 0.1) is 0 Å². The van der Waals surface area contributed by atoms with Crippen LogP contribution < -0.4 is 10.6 Å². The summed E-state index contributed by atoms with van der Waals surface area (Å²) in [5.74, 6) is 0.537. The summed E-state index contributed by atoms with van der Waals surface area (Å²) in [4.78, 5) is 23.9. The molecule has 0 aromatic rings. The van der Waals surface area contributed by atoms with Gasteiger partial charge in [0.15, 0.2) is 0 Å². The summed E-state index contributed by atoms with van der Waals surface area (Å²) in [6, 6.07) is 0.336. The molecule has 2 N–H and O–H groups in total. The van der Waals surface area contributed by atoms with Crippen LogP contribution in [0.3, 0.4) is 0 Å². The Kier molecular flexibility index (Phi) is 8.82. The van der Waals surface area contributed by atoms with Crippen LogP contribution in [0.1, 0.15) is 32.6 Å². The zero-order valence-corrected chi connectivity index (χ0v) is 14.7. The van der Waals surface area contributed by atoms with Gasteiger partial charge in [0.2, 0.25) is 11.8 Å². The number of hydrogen-bond acceptors (Lipinski definition) is 5. The molecule has 0 heterocycles. The highest BCUT2D eigenvalue weighted by Crippen LogP contribution is 2.19. The van der Waals surface area contributed by atoms with E-state index in [-0.39, 0.29) is 23.9 Å². The molecule has 0 saturated heterocycles. The van der Waals surface area contributed by atoms with E-state index >= 15 is 0 Å². The van der Waals surface area contributed by atoms with Crippen LogP contribution in [0.4, 0.5) is 0 Å². The zero-order chi connectivity index (χ0) is 16.5. The average molecular weight is 332 g/mol. The lowest BCUT2D eigenvalue weighted by Gasteiger charge is -2.31. The van der Waals surface area contributed by atoms with E-state index in [1.165, 1.54) is 7.11 Å². The lowest BCUT2D eigenvalue weighted by molar-refractivity contribution is -0.132. The van der Waals surface area contributed by atoms with Crippen molar-refractivity contribution in [3.63, 3.8) is 0 Å². The van der Waals surface area contributed by atoms with Gasteiger partial charge >= 0.3 is 0 Å².